The molecule has 0 fully saturated rings. The van der Waals surface area contributed by atoms with Crippen molar-refractivity contribution in [1.82, 2.24) is 0 Å². The molecule has 0 spiro atoms. The molecule has 0 unspecified atom stereocenters. The number of anilines is 2. The number of benzene rings is 2. The van der Waals surface area contributed by atoms with Crippen LogP contribution in [0.1, 0.15) is 0 Å². The maximum atomic E-state index is 11.8. The van der Waals surface area contributed by atoms with Gasteiger partial charge in [0.25, 0.3) is 0 Å². The highest BCUT2D eigenvalue weighted by molar-refractivity contribution is 7.92. The third kappa shape index (κ3) is 4.16. The molecule has 0 amide bonds. The van der Waals surface area contributed by atoms with Crippen molar-refractivity contribution in [3.63, 3.8) is 0 Å². The van der Waals surface area contributed by atoms with Crippen molar-refractivity contribution in [2.24, 2.45) is 0 Å². The molecule has 2 aromatic carbocycles. The summed E-state index contributed by atoms with van der Waals surface area (Å²) in [5, 5.41) is 24.7. The van der Waals surface area contributed by atoms with E-state index in [1.54, 1.807) is 0 Å². The van der Waals surface area contributed by atoms with Gasteiger partial charge in [0.05, 0.1) is 14.7 Å². The summed E-state index contributed by atoms with van der Waals surface area (Å²) in [4.78, 5) is 20.2. The van der Waals surface area contributed by atoms with Crippen LogP contribution in [0.4, 0.5) is 22.7 Å². The van der Waals surface area contributed by atoms with Crippen molar-refractivity contribution >= 4 is 55.8 Å². The van der Waals surface area contributed by atoms with E-state index in [4.69, 9.17) is 23.2 Å². The molecule has 12 heteroatoms. The topological polar surface area (TPSA) is 132 Å². The molecule has 2 rings (SSSR count). The minimum absolute atomic E-state index is 0.295. The highest BCUT2D eigenvalue weighted by Gasteiger charge is 2.30. The second-order valence-electron chi connectivity index (χ2n) is 4.71. The molecule has 0 radical (unpaired) electrons. The third-order valence-electron chi connectivity index (χ3n) is 3.08. The zero-order valence-electron chi connectivity index (χ0n) is 12.2. The predicted octanol–water partition coefficient (Wildman–Crippen LogP) is 3.87. The molecule has 0 aliphatic heterocycles. The summed E-state index contributed by atoms with van der Waals surface area (Å²) >= 11 is 11.1. The Balaban J connectivity index is 2.70. The van der Waals surface area contributed by atoms with Gasteiger partial charge >= 0.3 is 11.4 Å². The summed E-state index contributed by atoms with van der Waals surface area (Å²) in [6, 6.07) is 7.33. The van der Waals surface area contributed by atoms with Crippen molar-refractivity contribution in [3.8, 4) is 0 Å². The molecule has 2 aromatic rings. The second kappa shape index (κ2) is 7.21. The monoisotopic (exact) mass is 405 g/mol. The van der Waals surface area contributed by atoms with Crippen LogP contribution in [0.2, 0.25) is 5.02 Å². The Labute approximate surface area is 151 Å². The van der Waals surface area contributed by atoms with Gasteiger partial charge in [-0.25, -0.2) is 8.42 Å². The Bertz CT molecular complexity index is 912. The van der Waals surface area contributed by atoms with Crippen LogP contribution in [0.15, 0.2) is 41.3 Å². The number of halogens is 2. The van der Waals surface area contributed by atoms with Crippen molar-refractivity contribution < 1.29 is 18.3 Å². The number of nitro groups is 2. The molecular formula is C13H9Cl2N3O6S. The van der Waals surface area contributed by atoms with Gasteiger partial charge < -0.3 is 5.32 Å². The maximum Gasteiger partial charge on any atom is 0.301 e. The van der Waals surface area contributed by atoms with Crippen molar-refractivity contribution in [2.45, 2.75) is 4.90 Å². The van der Waals surface area contributed by atoms with Crippen LogP contribution in [-0.4, -0.2) is 23.5 Å². The highest BCUT2D eigenvalue weighted by Crippen LogP contribution is 2.39. The van der Waals surface area contributed by atoms with E-state index in [0.29, 0.717) is 10.7 Å². The van der Waals surface area contributed by atoms with Crippen LogP contribution >= 0.6 is 23.2 Å². The van der Waals surface area contributed by atoms with Gasteiger partial charge in [-0.1, -0.05) is 11.6 Å². The molecular weight excluding hydrogens is 397 g/mol. The molecule has 0 aromatic heterocycles. The normalized spacial score (nSPS) is 11.1. The molecule has 132 valence electrons. The smallest absolute Gasteiger partial charge is 0.301 e. The Kier molecular flexibility index (Phi) is 5.45. The van der Waals surface area contributed by atoms with Gasteiger partial charge in [-0.2, -0.15) is 0 Å². The standard InChI is InChI=1S/C13H9Cl2N3O6S/c14-7-25(23,24)10-5-11(17(19)20)13(12(6-10)18(21)22)16-9-3-1-8(15)2-4-9/h1-6,16H,7H2. The van der Waals surface area contributed by atoms with Crippen LogP contribution in [0.3, 0.4) is 0 Å². The zero-order valence-corrected chi connectivity index (χ0v) is 14.5. The van der Waals surface area contributed by atoms with E-state index in [0.717, 1.165) is 12.1 Å². The van der Waals surface area contributed by atoms with E-state index < -0.39 is 46.9 Å². The zero-order chi connectivity index (χ0) is 18.8. The summed E-state index contributed by atoms with van der Waals surface area (Å²) in [6.45, 7) is 0. The Morgan fingerprint density at radius 2 is 1.48 bits per heavy atom. The van der Waals surface area contributed by atoms with Gasteiger partial charge in [0.2, 0.25) is 0 Å². The third-order valence-corrected chi connectivity index (χ3v) is 5.43. The fraction of sp³-hybridized carbons (Fsp3) is 0.0769. The summed E-state index contributed by atoms with van der Waals surface area (Å²) in [5.74, 6) is 0. The molecule has 25 heavy (non-hydrogen) atoms. The number of nitro benzene ring substituents is 2. The SMILES string of the molecule is O=[N+]([O-])c1cc(S(=O)(=O)CCl)cc([N+](=O)[O-])c1Nc1ccc(Cl)cc1. The van der Waals surface area contributed by atoms with E-state index in [1.165, 1.54) is 24.3 Å². The Morgan fingerprint density at radius 1 is 1.00 bits per heavy atom. The number of hydrogen-bond donors (Lipinski definition) is 1. The average Bonchev–Trinajstić information content (AvgIpc) is 2.56. The molecule has 0 saturated carbocycles. The Morgan fingerprint density at radius 3 is 1.88 bits per heavy atom. The molecule has 0 atom stereocenters. The molecule has 0 aliphatic carbocycles. The van der Waals surface area contributed by atoms with Crippen molar-refractivity contribution in [1.29, 1.82) is 0 Å². The Hall–Kier alpha value is -2.43. The number of nitrogens with zero attached hydrogens (tertiary/aromatic N) is 2. The van der Waals surface area contributed by atoms with Gasteiger partial charge in [-0.15, -0.1) is 11.6 Å². The van der Waals surface area contributed by atoms with Crippen LogP contribution in [0, 0.1) is 20.2 Å². The van der Waals surface area contributed by atoms with E-state index in [1.807, 2.05) is 0 Å². The summed E-state index contributed by atoms with van der Waals surface area (Å²) in [7, 11) is -4.09. The average molecular weight is 406 g/mol. The molecule has 1 N–H and O–H groups in total. The van der Waals surface area contributed by atoms with Crippen molar-refractivity contribution in [2.75, 3.05) is 10.5 Å². The fourth-order valence-corrected chi connectivity index (χ4v) is 3.14. The summed E-state index contributed by atoms with van der Waals surface area (Å²) in [6.07, 6.45) is 0. The molecule has 0 heterocycles. The van der Waals surface area contributed by atoms with E-state index >= 15 is 0 Å². The highest BCUT2D eigenvalue weighted by atomic mass is 35.5. The van der Waals surface area contributed by atoms with Crippen LogP contribution < -0.4 is 5.32 Å². The maximum absolute atomic E-state index is 11.8. The van der Waals surface area contributed by atoms with E-state index in [2.05, 4.69) is 5.32 Å². The number of sulfone groups is 1. The first-order valence-corrected chi connectivity index (χ1v) is 9.00. The lowest BCUT2D eigenvalue weighted by atomic mass is 10.2. The van der Waals surface area contributed by atoms with Gasteiger partial charge in [0.15, 0.2) is 15.5 Å². The lowest BCUT2D eigenvalue weighted by Crippen LogP contribution is -2.07. The molecule has 0 saturated heterocycles. The summed E-state index contributed by atoms with van der Waals surface area (Å²) in [5.41, 5.74) is -1.70. The quantitative estimate of drug-likeness (QED) is 0.437. The first-order valence-electron chi connectivity index (χ1n) is 6.44. The minimum atomic E-state index is -4.09. The first kappa shape index (κ1) is 18.9. The van der Waals surface area contributed by atoms with E-state index in [-0.39, 0.29) is 0 Å². The molecule has 0 bridgehead atoms. The van der Waals surface area contributed by atoms with Gasteiger partial charge in [-0.05, 0) is 24.3 Å². The van der Waals surface area contributed by atoms with Gasteiger partial charge in [0, 0.05) is 22.8 Å². The predicted molar refractivity (Wildman–Crippen MR) is 92.4 cm³/mol. The lowest BCUT2D eigenvalue weighted by Gasteiger charge is -2.10. The number of alkyl halides is 1. The first-order chi connectivity index (χ1) is 11.7. The second-order valence-corrected chi connectivity index (χ2v) is 7.72. The number of nitrogens with one attached hydrogen (secondary N) is 1. The van der Waals surface area contributed by atoms with Crippen molar-refractivity contribution in [3.05, 3.63) is 61.6 Å². The number of rotatable bonds is 6. The fourth-order valence-electron chi connectivity index (χ4n) is 1.92. The minimum Gasteiger partial charge on any atom is -0.344 e. The molecule has 9 nitrogen and oxygen atoms in total. The van der Waals surface area contributed by atoms with E-state index in [9.17, 15) is 28.6 Å². The van der Waals surface area contributed by atoms with Gasteiger partial charge in [-0.3, -0.25) is 20.2 Å². The number of hydrogen-bond acceptors (Lipinski definition) is 7. The molecule has 0 aliphatic rings. The van der Waals surface area contributed by atoms with Crippen LogP contribution in [0.25, 0.3) is 0 Å². The van der Waals surface area contributed by atoms with Gasteiger partial charge in [0.1, 0.15) is 5.21 Å². The summed E-state index contributed by atoms with van der Waals surface area (Å²) < 4.78 is 23.7. The largest absolute Gasteiger partial charge is 0.344 e. The van der Waals surface area contributed by atoms with Crippen LogP contribution in [-0.2, 0) is 9.84 Å². The van der Waals surface area contributed by atoms with Crippen LogP contribution in [0.5, 0.6) is 0 Å². The lowest BCUT2D eigenvalue weighted by molar-refractivity contribution is -0.392.